The molecule has 0 spiro atoms. The molecule has 1 heterocycles. The van der Waals surface area contributed by atoms with Crippen molar-refractivity contribution < 1.29 is 28.5 Å². The molecule has 31 heavy (non-hydrogen) atoms. The maximum absolute atomic E-state index is 13.0. The minimum absolute atomic E-state index is 0.149. The number of hydrogen-bond acceptors (Lipinski definition) is 6. The average molecular weight is 416 g/mol. The molecule has 3 aromatic carbocycles. The molecule has 0 unspecified atom stereocenters. The first-order valence-corrected chi connectivity index (χ1v) is 9.58. The van der Waals surface area contributed by atoms with Crippen LogP contribution >= 0.6 is 0 Å². The van der Waals surface area contributed by atoms with Crippen LogP contribution < -0.4 is 18.9 Å². The maximum Gasteiger partial charge on any atom is 0.343 e. The molecule has 0 atom stereocenters. The summed E-state index contributed by atoms with van der Waals surface area (Å²) < 4.78 is 21.9. The van der Waals surface area contributed by atoms with Crippen LogP contribution in [-0.4, -0.2) is 26.0 Å². The number of carbonyl (C=O) groups excluding carboxylic acids is 2. The van der Waals surface area contributed by atoms with E-state index in [4.69, 9.17) is 18.9 Å². The molecule has 0 bridgehead atoms. The Morgan fingerprint density at radius 2 is 1.71 bits per heavy atom. The molecule has 156 valence electrons. The second kappa shape index (κ2) is 8.36. The number of hydrogen-bond donors (Lipinski definition) is 0. The zero-order valence-electron chi connectivity index (χ0n) is 17.3. The van der Waals surface area contributed by atoms with E-state index in [1.165, 1.54) is 0 Å². The molecule has 0 N–H and O–H groups in total. The van der Waals surface area contributed by atoms with Gasteiger partial charge in [0.05, 0.1) is 25.3 Å². The topological polar surface area (TPSA) is 71.1 Å². The lowest BCUT2D eigenvalue weighted by Gasteiger charge is -2.08. The summed E-state index contributed by atoms with van der Waals surface area (Å²) in [5.41, 5.74) is 2.17. The monoisotopic (exact) mass is 416 g/mol. The van der Waals surface area contributed by atoms with E-state index in [1.807, 2.05) is 6.07 Å². The van der Waals surface area contributed by atoms with E-state index in [-0.39, 0.29) is 11.5 Å². The van der Waals surface area contributed by atoms with Crippen LogP contribution in [0.3, 0.4) is 0 Å². The summed E-state index contributed by atoms with van der Waals surface area (Å²) >= 11 is 0. The Morgan fingerprint density at radius 3 is 2.42 bits per heavy atom. The number of methoxy groups -OCH3 is 2. The first-order valence-electron chi connectivity index (χ1n) is 9.58. The predicted molar refractivity (Wildman–Crippen MR) is 115 cm³/mol. The van der Waals surface area contributed by atoms with Crippen LogP contribution in [0.2, 0.25) is 0 Å². The van der Waals surface area contributed by atoms with Crippen molar-refractivity contribution in [1.82, 2.24) is 0 Å². The van der Waals surface area contributed by atoms with Crippen molar-refractivity contribution in [2.45, 2.75) is 6.92 Å². The summed E-state index contributed by atoms with van der Waals surface area (Å²) in [6.07, 6.45) is 1.61. The van der Waals surface area contributed by atoms with Gasteiger partial charge in [-0.1, -0.05) is 18.2 Å². The van der Waals surface area contributed by atoms with Gasteiger partial charge in [0, 0.05) is 11.6 Å². The van der Waals surface area contributed by atoms with Gasteiger partial charge in [-0.15, -0.1) is 0 Å². The summed E-state index contributed by atoms with van der Waals surface area (Å²) in [5, 5.41) is 0. The molecule has 0 radical (unpaired) electrons. The molecule has 0 saturated heterocycles. The SMILES string of the molecule is COc1ccc(OC)c(/C=C2\Oc3cc(OC(=O)c4ccccc4)cc(C)c3C2=O)c1. The van der Waals surface area contributed by atoms with E-state index in [9.17, 15) is 9.59 Å². The van der Waals surface area contributed by atoms with Crippen molar-refractivity contribution in [3.05, 3.63) is 88.7 Å². The van der Waals surface area contributed by atoms with Crippen molar-refractivity contribution in [3.8, 4) is 23.0 Å². The quantitative estimate of drug-likeness (QED) is 0.336. The molecular weight excluding hydrogens is 396 g/mol. The highest BCUT2D eigenvalue weighted by atomic mass is 16.5. The summed E-state index contributed by atoms with van der Waals surface area (Å²) in [6.45, 7) is 1.77. The highest BCUT2D eigenvalue weighted by Gasteiger charge is 2.30. The molecule has 1 aliphatic rings. The summed E-state index contributed by atoms with van der Waals surface area (Å²) in [7, 11) is 3.11. The Labute approximate surface area is 179 Å². The number of rotatable bonds is 5. The average Bonchev–Trinajstić information content (AvgIpc) is 3.09. The summed E-state index contributed by atoms with van der Waals surface area (Å²) in [4.78, 5) is 25.3. The predicted octanol–water partition coefficient (Wildman–Crippen LogP) is 4.85. The fourth-order valence-electron chi connectivity index (χ4n) is 3.37. The van der Waals surface area contributed by atoms with Gasteiger partial charge in [-0.25, -0.2) is 4.79 Å². The third-order valence-electron chi connectivity index (χ3n) is 4.89. The van der Waals surface area contributed by atoms with Crippen LogP contribution in [0.15, 0.2) is 66.4 Å². The molecule has 0 aromatic heterocycles. The van der Waals surface area contributed by atoms with Crippen LogP contribution in [0, 0.1) is 6.92 Å². The van der Waals surface area contributed by atoms with Gasteiger partial charge in [0.25, 0.3) is 0 Å². The normalized spacial score (nSPS) is 13.5. The highest BCUT2D eigenvalue weighted by molar-refractivity contribution is 6.15. The number of Topliss-reactive ketones (excluding diaryl/α,β-unsaturated/α-hetero) is 1. The van der Waals surface area contributed by atoms with Gasteiger partial charge in [0.1, 0.15) is 23.0 Å². The van der Waals surface area contributed by atoms with Gasteiger partial charge in [-0.3, -0.25) is 4.79 Å². The lowest BCUT2D eigenvalue weighted by atomic mass is 10.0. The Kier molecular flexibility index (Phi) is 5.45. The lowest BCUT2D eigenvalue weighted by Crippen LogP contribution is -2.08. The number of ketones is 1. The van der Waals surface area contributed by atoms with Gasteiger partial charge < -0.3 is 18.9 Å². The number of aryl methyl sites for hydroxylation is 1. The summed E-state index contributed by atoms with van der Waals surface area (Å²) in [5.74, 6) is 1.26. The van der Waals surface area contributed by atoms with Gasteiger partial charge in [-0.2, -0.15) is 0 Å². The molecule has 0 saturated carbocycles. The molecule has 1 aliphatic heterocycles. The van der Waals surface area contributed by atoms with Gasteiger partial charge in [0.15, 0.2) is 5.76 Å². The number of esters is 1. The Balaban J connectivity index is 1.64. The smallest absolute Gasteiger partial charge is 0.343 e. The molecule has 3 aromatic rings. The van der Waals surface area contributed by atoms with Gasteiger partial charge >= 0.3 is 5.97 Å². The van der Waals surface area contributed by atoms with Crippen LogP contribution in [0.25, 0.3) is 6.08 Å². The molecule has 6 heteroatoms. The van der Waals surface area contributed by atoms with E-state index in [0.29, 0.717) is 45.3 Å². The fourth-order valence-corrected chi connectivity index (χ4v) is 3.37. The minimum Gasteiger partial charge on any atom is -0.497 e. The Morgan fingerprint density at radius 1 is 0.935 bits per heavy atom. The van der Waals surface area contributed by atoms with Crippen molar-refractivity contribution in [1.29, 1.82) is 0 Å². The minimum atomic E-state index is -0.485. The first-order chi connectivity index (χ1) is 15.0. The standard InChI is InChI=1S/C25H20O6/c1-15-11-19(30-25(27)16-7-5-4-6-8-16)14-21-23(15)24(26)22(31-21)13-17-12-18(28-2)9-10-20(17)29-3/h4-14H,1-3H3/b22-13-. The van der Waals surface area contributed by atoms with Crippen LogP contribution in [-0.2, 0) is 0 Å². The van der Waals surface area contributed by atoms with Crippen molar-refractivity contribution in [2.24, 2.45) is 0 Å². The summed E-state index contributed by atoms with van der Waals surface area (Å²) in [6, 6.07) is 17.2. The van der Waals surface area contributed by atoms with E-state index in [1.54, 1.807) is 81.8 Å². The van der Waals surface area contributed by atoms with Crippen molar-refractivity contribution in [3.63, 3.8) is 0 Å². The molecule has 6 nitrogen and oxygen atoms in total. The molecule has 4 rings (SSSR count). The number of ether oxygens (including phenoxy) is 4. The number of allylic oxidation sites excluding steroid dienone is 1. The Hall–Kier alpha value is -4.06. The second-order valence-electron chi connectivity index (χ2n) is 6.92. The third kappa shape index (κ3) is 4.00. The Bertz CT molecular complexity index is 1190. The van der Waals surface area contributed by atoms with E-state index < -0.39 is 5.97 Å². The second-order valence-corrected chi connectivity index (χ2v) is 6.92. The number of fused-ring (bicyclic) bond motifs is 1. The fraction of sp³-hybridized carbons (Fsp3) is 0.120. The van der Waals surface area contributed by atoms with Crippen molar-refractivity contribution in [2.75, 3.05) is 14.2 Å². The zero-order valence-corrected chi connectivity index (χ0v) is 17.3. The third-order valence-corrected chi connectivity index (χ3v) is 4.89. The van der Waals surface area contributed by atoms with Gasteiger partial charge in [0.2, 0.25) is 5.78 Å². The van der Waals surface area contributed by atoms with Gasteiger partial charge in [-0.05, 0) is 55.0 Å². The maximum atomic E-state index is 13.0. The molecule has 0 fully saturated rings. The highest BCUT2D eigenvalue weighted by Crippen LogP contribution is 2.38. The largest absolute Gasteiger partial charge is 0.497 e. The van der Waals surface area contributed by atoms with E-state index in [2.05, 4.69) is 0 Å². The lowest BCUT2D eigenvalue weighted by molar-refractivity contribution is 0.0734. The van der Waals surface area contributed by atoms with Crippen LogP contribution in [0.4, 0.5) is 0 Å². The molecule has 0 aliphatic carbocycles. The zero-order chi connectivity index (χ0) is 22.0. The number of carbonyl (C=O) groups is 2. The number of benzene rings is 3. The van der Waals surface area contributed by atoms with E-state index >= 15 is 0 Å². The molecule has 0 amide bonds. The van der Waals surface area contributed by atoms with Crippen LogP contribution in [0.1, 0.15) is 31.8 Å². The van der Waals surface area contributed by atoms with Crippen LogP contribution in [0.5, 0.6) is 23.0 Å². The van der Waals surface area contributed by atoms with E-state index in [0.717, 1.165) is 0 Å². The van der Waals surface area contributed by atoms with Crippen molar-refractivity contribution >= 4 is 17.8 Å². The molecular formula is C25H20O6. The first kappa shape index (κ1) is 20.2.